The first-order valence-corrected chi connectivity index (χ1v) is 7.24. The Morgan fingerprint density at radius 1 is 1.40 bits per heavy atom. The van der Waals surface area contributed by atoms with Crippen molar-refractivity contribution in [1.82, 2.24) is 15.2 Å². The first-order chi connectivity index (χ1) is 9.66. The quantitative estimate of drug-likeness (QED) is 0.856. The maximum absolute atomic E-state index is 12.7. The van der Waals surface area contributed by atoms with Gasteiger partial charge in [0.05, 0.1) is 16.6 Å². The Morgan fingerprint density at radius 2 is 2.20 bits per heavy atom. The molecule has 1 aromatic heterocycles. The van der Waals surface area contributed by atoms with Crippen LogP contribution in [-0.2, 0) is 4.79 Å². The lowest BCUT2D eigenvalue weighted by molar-refractivity contribution is -0.127. The summed E-state index contributed by atoms with van der Waals surface area (Å²) >= 11 is 6.04. The van der Waals surface area contributed by atoms with E-state index in [1.165, 1.54) is 6.20 Å². The number of carbonyl (C=O) groups is 2. The lowest BCUT2D eigenvalue weighted by Gasteiger charge is -2.44. The summed E-state index contributed by atoms with van der Waals surface area (Å²) in [5, 5.41) is 3.32. The van der Waals surface area contributed by atoms with Crippen LogP contribution in [0.3, 0.4) is 0 Å². The van der Waals surface area contributed by atoms with Gasteiger partial charge in [-0.15, -0.1) is 0 Å². The van der Waals surface area contributed by atoms with E-state index in [1.807, 2.05) is 0 Å². The van der Waals surface area contributed by atoms with Crippen LogP contribution in [0.1, 0.15) is 36.0 Å². The number of nitrogens with one attached hydrogen (secondary N) is 1. The summed E-state index contributed by atoms with van der Waals surface area (Å²) in [5.74, 6) is -0.268. The summed E-state index contributed by atoms with van der Waals surface area (Å²) < 4.78 is 0. The molecule has 6 heteroatoms. The zero-order chi connectivity index (χ0) is 14.1. The fourth-order valence-electron chi connectivity index (χ4n) is 3.10. The van der Waals surface area contributed by atoms with E-state index in [1.54, 1.807) is 17.2 Å². The van der Waals surface area contributed by atoms with Crippen LogP contribution >= 0.6 is 11.6 Å². The number of pyridine rings is 1. The molecule has 1 aromatic rings. The Kier molecular flexibility index (Phi) is 3.61. The van der Waals surface area contributed by atoms with Crippen LogP contribution in [-0.4, -0.2) is 40.3 Å². The number of rotatable bonds is 1. The number of piperazine rings is 1. The van der Waals surface area contributed by atoms with Gasteiger partial charge < -0.3 is 10.2 Å². The third-order valence-electron chi connectivity index (χ3n) is 4.05. The zero-order valence-corrected chi connectivity index (χ0v) is 11.8. The number of halogens is 1. The van der Waals surface area contributed by atoms with Crippen molar-refractivity contribution < 1.29 is 9.59 Å². The molecule has 1 N–H and O–H groups in total. The second kappa shape index (κ2) is 5.40. The summed E-state index contributed by atoms with van der Waals surface area (Å²) in [7, 11) is 0. The van der Waals surface area contributed by atoms with Gasteiger partial charge in [0.1, 0.15) is 6.54 Å². The van der Waals surface area contributed by atoms with Gasteiger partial charge in [0.25, 0.3) is 5.91 Å². The van der Waals surface area contributed by atoms with Gasteiger partial charge in [-0.05, 0) is 18.9 Å². The predicted octanol–water partition coefficient (Wildman–Crippen LogP) is 1.62. The molecule has 2 aliphatic rings. The molecule has 2 heterocycles. The van der Waals surface area contributed by atoms with Crippen molar-refractivity contribution in [3.63, 3.8) is 0 Å². The molecule has 0 aromatic carbocycles. The summed E-state index contributed by atoms with van der Waals surface area (Å²) in [4.78, 5) is 30.0. The minimum Gasteiger partial charge on any atom is -0.350 e. The van der Waals surface area contributed by atoms with Crippen LogP contribution < -0.4 is 5.32 Å². The maximum Gasteiger partial charge on any atom is 0.256 e. The van der Waals surface area contributed by atoms with E-state index in [0.29, 0.717) is 10.6 Å². The number of hydrogen-bond donors (Lipinski definition) is 1. The van der Waals surface area contributed by atoms with Gasteiger partial charge in [0, 0.05) is 18.4 Å². The molecule has 20 heavy (non-hydrogen) atoms. The van der Waals surface area contributed by atoms with Crippen LogP contribution in [0.5, 0.6) is 0 Å². The van der Waals surface area contributed by atoms with E-state index in [2.05, 4.69) is 10.3 Å². The van der Waals surface area contributed by atoms with E-state index in [4.69, 9.17) is 11.6 Å². The van der Waals surface area contributed by atoms with Crippen LogP contribution in [0.4, 0.5) is 0 Å². The summed E-state index contributed by atoms with van der Waals surface area (Å²) in [5.41, 5.74) is 0.417. The van der Waals surface area contributed by atoms with Crippen molar-refractivity contribution in [2.75, 3.05) is 6.54 Å². The smallest absolute Gasteiger partial charge is 0.256 e. The first kappa shape index (κ1) is 13.4. The van der Waals surface area contributed by atoms with Gasteiger partial charge in [-0.3, -0.25) is 14.6 Å². The Balaban J connectivity index is 1.89. The van der Waals surface area contributed by atoms with E-state index in [9.17, 15) is 9.59 Å². The largest absolute Gasteiger partial charge is 0.350 e. The molecule has 1 saturated heterocycles. The van der Waals surface area contributed by atoms with Gasteiger partial charge in [0.2, 0.25) is 5.91 Å². The molecule has 0 radical (unpaired) electrons. The summed E-state index contributed by atoms with van der Waals surface area (Å²) in [6, 6.07) is 1.77. The molecule has 0 bridgehead atoms. The van der Waals surface area contributed by atoms with Crippen LogP contribution in [0.15, 0.2) is 18.5 Å². The van der Waals surface area contributed by atoms with E-state index in [-0.39, 0.29) is 30.4 Å². The maximum atomic E-state index is 12.7. The lowest BCUT2D eigenvalue weighted by Crippen LogP contribution is -2.62. The molecular weight excluding hydrogens is 278 g/mol. The Morgan fingerprint density at radius 3 is 3.00 bits per heavy atom. The van der Waals surface area contributed by atoms with Crippen LogP contribution in [0.25, 0.3) is 0 Å². The highest BCUT2D eigenvalue weighted by Gasteiger charge is 2.39. The normalized spacial score (nSPS) is 25.9. The molecule has 2 fully saturated rings. The Labute approximate surface area is 122 Å². The number of hydrogen-bond acceptors (Lipinski definition) is 3. The monoisotopic (exact) mass is 293 g/mol. The van der Waals surface area contributed by atoms with Crippen molar-refractivity contribution in [3.05, 3.63) is 29.0 Å². The number of carbonyl (C=O) groups excluding carboxylic acids is 2. The second-order valence-electron chi connectivity index (χ2n) is 5.31. The molecule has 1 aliphatic carbocycles. The molecule has 5 nitrogen and oxygen atoms in total. The molecule has 2 amide bonds. The van der Waals surface area contributed by atoms with Gasteiger partial charge in [-0.2, -0.15) is 0 Å². The van der Waals surface area contributed by atoms with Crippen molar-refractivity contribution in [2.24, 2.45) is 0 Å². The average molecular weight is 294 g/mol. The highest BCUT2D eigenvalue weighted by molar-refractivity contribution is 6.33. The highest BCUT2D eigenvalue weighted by atomic mass is 35.5. The van der Waals surface area contributed by atoms with Gasteiger partial charge in [-0.25, -0.2) is 0 Å². The number of nitrogens with zero attached hydrogens (tertiary/aromatic N) is 2. The Hall–Kier alpha value is -1.62. The second-order valence-corrected chi connectivity index (χ2v) is 5.72. The van der Waals surface area contributed by atoms with Crippen LogP contribution in [0.2, 0.25) is 5.02 Å². The third-order valence-corrected chi connectivity index (χ3v) is 4.36. The van der Waals surface area contributed by atoms with E-state index in [0.717, 1.165) is 25.7 Å². The number of aromatic nitrogens is 1. The van der Waals surface area contributed by atoms with Crippen molar-refractivity contribution in [3.8, 4) is 0 Å². The fourth-order valence-corrected chi connectivity index (χ4v) is 3.30. The molecule has 2 atom stereocenters. The van der Waals surface area contributed by atoms with Crippen molar-refractivity contribution >= 4 is 23.4 Å². The average Bonchev–Trinajstić information content (AvgIpc) is 2.46. The Bertz CT molecular complexity index is 549. The van der Waals surface area contributed by atoms with E-state index < -0.39 is 0 Å². The van der Waals surface area contributed by atoms with E-state index >= 15 is 0 Å². The SMILES string of the molecule is O=C1CN(C(=O)c2ccncc2Cl)[C@H]2CCCC[C@H]2N1. The van der Waals surface area contributed by atoms with Crippen LogP contribution in [0, 0.1) is 0 Å². The van der Waals surface area contributed by atoms with Crippen molar-refractivity contribution in [1.29, 1.82) is 0 Å². The van der Waals surface area contributed by atoms with Gasteiger partial charge >= 0.3 is 0 Å². The molecule has 1 aliphatic heterocycles. The molecule has 0 spiro atoms. The molecule has 0 unspecified atom stereocenters. The molecule has 3 rings (SSSR count). The standard InChI is InChI=1S/C14H16ClN3O2/c15-10-7-16-6-5-9(10)14(20)18-8-13(19)17-11-3-1-2-4-12(11)18/h5-7,11-12H,1-4,8H2,(H,17,19)/t11-,12+/m1/s1. The van der Waals surface area contributed by atoms with Crippen molar-refractivity contribution in [2.45, 2.75) is 37.8 Å². The molecule has 106 valence electrons. The molecule has 1 saturated carbocycles. The highest BCUT2D eigenvalue weighted by Crippen LogP contribution is 2.28. The lowest BCUT2D eigenvalue weighted by atomic mass is 9.87. The topological polar surface area (TPSA) is 62.3 Å². The summed E-state index contributed by atoms with van der Waals surface area (Å²) in [6.07, 6.45) is 7.05. The van der Waals surface area contributed by atoms with Gasteiger partial charge in [-0.1, -0.05) is 24.4 Å². The zero-order valence-electron chi connectivity index (χ0n) is 11.0. The fraction of sp³-hybridized carbons (Fsp3) is 0.500. The number of fused-ring (bicyclic) bond motifs is 1. The summed E-state index contributed by atoms with van der Waals surface area (Å²) in [6.45, 7) is 0.110. The van der Waals surface area contributed by atoms with Gasteiger partial charge in [0.15, 0.2) is 0 Å². The number of amides is 2. The minimum absolute atomic E-state index is 0.0783. The third kappa shape index (κ3) is 2.38. The predicted molar refractivity (Wildman–Crippen MR) is 74.5 cm³/mol. The molecular formula is C14H16ClN3O2. The first-order valence-electron chi connectivity index (χ1n) is 6.86. The minimum atomic E-state index is -0.177.